The van der Waals surface area contributed by atoms with Crippen molar-refractivity contribution >= 4 is 18.1 Å². The van der Waals surface area contributed by atoms with Gasteiger partial charge in [-0.3, -0.25) is 0 Å². The number of pyridine rings is 1. The summed E-state index contributed by atoms with van der Waals surface area (Å²) in [6.07, 6.45) is 7.84. The molecule has 0 saturated heterocycles. The van der Waals surface area contributed by atoms with Crippen LogP contribution < -0.4 is 17.0 Å². The first-order valence-corrected chi connectivity index (χ1v) is 7.85. The first kappa shape index (κ1) is 19.3. The maximum absolute atomic E-state index is 12.9. The van der Waals surface area contributed by atoms with E-state index in [0.717, 1.165) is 16.7 Å². The molecule has 5 heteroatoms. The van der Waals surface area contributed by atoms with Crippen LogP contribution in [-0.2, 0) is 6.54 Å². The van der Waals surface area contributed by atoms with E-state index >= 15 is 0 Å². The fourth-order valence-corrected chi connectivity index (χ4v) is 2.42. The Hall–Kier alpha value is -2.98. The van der Waals surface area contributed by atoms with Gasteiger partial charge in [0.05, 0.1) is 5.56 Å². The van der Waals surface area contributed by atoms with Crippen molar-refractivity contribution in [1.29, 1.82) is 0 Å². The third-order valence-corrected chi connectivity index (χ3v) is 3.82. The zero-order chi connectivity index (χ0) is 17.6. The minimum atomic E-state index is -0.920. The lowest BCUT2D eigenvalue weighted by Crippen LogP contribution is -3.00. The number of nitrogens with zero attached hydrogens (tertiary/aromatic N) is 1. The number of rotatable bonds is 5. The molecule has 0 aliphatic heterocycles. The maximum Gasteiger partial charge on any atom is 0.335 e. The predicted molar refractivity (Wildman–Crippen MR) is 94.5 cm³/mol. The van der Waals surface area contributed by atoms with Crippen molar-refractivity contribution in [3.63, 3.8) is 0 Å². The highest BCUT2D eigenvalue weighted by Crippen LogP contribution is 2.09. The number of carboxylic acids is 1. The predicted octanol–water partition coefficient (Wildman–Crippen LogP) is 1.03. The zero-order valence-corrected chi connectivity index (χ0v) is 14.6. The molecule has 0 unspecified atom stereocenters. The van der Waals surface area contributed by atoms with Crippen LogP contribution >= 0.6 is 0 Å². The average Bonchev–Trinajstić information content (AvgIpc) is 2.63. The molecule has 1 N–H and O–H groups in total. The van der Waals surface area contributed by atoms with Crippen molar-refractivity contribution in [2.24, 2.45) is 0 Å². The van der Waals surface area contributed by atoms with Gasteiger partial charge in [-0.2, -0.15) is 0 Å². The Morgan fingerprint density at radius 2 is 1.42 bits per heavy atom. The quantitative estimate of drug-likeness (QED) is 0.683. The molecule has 132 valence electrons. The molecule has 0 aliphatic carbocycles. The van der Waals surface area contributed by atoms with E-state index in [1.165, 1.54) is 12.1 Å². The van der Waals surface area contributed by atoms with Gasteiger partial charge in [-0.1, -0.05) is 36.4 Å². The molecule has 0 radical (unpaired) electrons. The molecular formula is C21H17ClFNO2. The molecule has 0 fully saturated rings. The SMILES string of the molecule is O=C(O)c1ccc(C[n+]2ccc(/C=C\c3ccc(F)cc3)cc2)cc1.[Cl-]. The van der Waals surface area contributed by atoms with Gasteiger partial charge >= 0.3 is 5.97 Å². The van der Waals surface area contributed by atoms with Crippen LogP contribution in [0.3, 0.4) is 0 Å². The molecule has 0 aliphatic rings. The Balaban J connectivity index is 0.00000243. The monoisotopic (exact) mass is 369 g/mol. The maximum atomic E-state index is 12.9. The highest BCUT2D eigenvalue weighted by molar-refractivity contribution is 5.87. The van der Waals surface area contributed by atoms with Gasteiger partial charge in [0.2, 0.25) is 0 Å². The van der Waals surface area contributed by atoms with Crippen molar-refractivity contribution in [2.75, 3.05) is 0 Å². The molecule has 2 aromatic carbocycles. The summed E-state index contributed by atoms with van der Waals surface area (Å²) in [4.78, 5) is 10.9. The van der Waals surface area contributed by atoms with E-state index in [9.17, 15) is 9.18 Å². The highest BCUT2D eigenvalue weighted by Gasteiger charge is 2.05. The fourth-order valence-electron chi connectivity index (χ4n) is 2.42. The summed E-state index contributed by atoms with van der Waals surface area (Å²) >= 11 is 0. The average molecular weight is 370 g/mol. The van der Waals surface area contributed by atoms with E-state index in [1.54, 1.807) is 24.3 Å². The number of hydrogen-bond donors (Lipinski definition) is 1. The van der Waals surface area contributed by atoms with Gasteiger partial charge in [-0.05, 0) is 35.4 Å². The third kappa shape index (κ3) is 5.26. The van der Waals surface area contributed by atoms with E-state index < -0.39 is 5.97 Å². The van der Waals surface area contributed by atoms with E-state index in [2.05, 4.69) is 0 Å². The molecule has 1 aromatic heterocycles. The smallest absolute Gasteiger partial charge is 0.335 e. The normalized spacial score (nSPS) is 10.5. The van der Waals surface area contributed by atoms with Crippen LogP contribution in [0.5, 0.6) is 0 Å². The van der Waals surface area contributed by atoms with Crippen LogP contribution in [0, 0.1) is 5.82 Å². The Morgan fingerprint density at radius 1 is 0.885 bits per heavy atom. The van der Waals surface area contributed by atoms with Crippen molar-refractivity contribution in [3.8, 4) is 0 Å². The molecule has 26 heavy (non-hydrogen) atoms. The van der Waals surface area contributed by atoms with E-state index in [4.69, 9.17) is 5.11 Å². The van der Waals surface area contributed by atoms with Crippen LogP contribution in [0.2, 0.25) is 0 Å². The summed E-state index contributed by atoms with van der Waals surface area (Å²) in [5.41, 5.74) is 3.30. The summed E-state index contributed by atoms with van der Waals surface area (Å²) < 4.78 is 14.9. The number of benzene rings is 2. The number of aromatic nitrogens is 1. The van der Waals surface area contributed by atoms with Crippen molar-refractivity contribution in [1.82, 2.24) is 0 Å². The van der Waals surface area contributed by atoms with Crippen LogP contribution in [0.1, 0.15) is 27.0 Å². The molecule has 0 spiro atoms. The summed E-state index contributed by atoms with van der Waals surface area (Å²) in [6, 6.07) is 17.2. The molecule has 3 rings (SSSR count). The molecule has 0 bridgehead atoms. The zero-order valence-electron chi connectivity index (χ0n) is 13.8. The molecule has 1 heterocycles. The number of hydrogen-bond acceptors (Lipinski definition) is 1. The van der Waals surface area contributed by atoms with Crippen molar-refractivity contribution < 1.29 is 31.3 Å². The Labute approximate surface area is 157 Å². The Bertz CT molecular complexity index is 889. The van der Waals surface area contributed by atoms with Crippen molar-refractivity contribution in [2.45, 2.75) is 6.54 Å². The first-order chi connectivity index (χ1) is 12.1. The molecule has 0 amide bonds. The Kier molecular flexibility index (Phi) is 6.64. The first-order valence-electron chi connectivity index (χ1n) is 7.85. The van der Waals surface area contributed by atoms with Gasteiger partial charge in [-0.15, -0.1) is 0 Å². The van der Waals surface area contributed by atoms with Gasteiger partial charge < -0.3 is 17.5 Å². The minimum Gasteiger partial charge on any atom is -1.00 e. The van der Waals surface area contributed by atoms with Crippen LogP contribution in [0.15, 0.2) is 73.1 Å². The second-order valence-electron chi connectivity index (χ2n) is 5.69. The van der Waals surface area contributed by atoms with Crippen molar-refractivity contribution in [3.05, 3.63) is 101 Å². The lowest BCUT2D eigenvalue weighted by Gasteiger charge is -2.00. The number of carboxylic acid groups (broad SMARTS) is 1. The standard InChI is InChI=1S/C21H16FNO2.ClH/c22-20-9-5-16(6-10-20)1-2-17-11-13-23(14-12-17)15-18-3-7-19(8-4-18)21(24)25;/h1-14H,15H2;1H/b2-1-;. The van der Waals surface area contributed by atoms with Gasteiger partial charge in [-0.25, -0.2) is 13.8 Å². The second kappa shape index (κ2) is 8.92. The lowest BCUT2D eigenvalue weighted by atomic mass is 10.1. The molecule has 3 aromatic rings. The lowest BCUT2D eigenvalue weighted by molar-refractivity contribution is -0.688. The van der Waals surface area contributed by atoms with Crippen LogP contribution in [-0.4, -0.2) is 11.1 Å². The fraction of sp³-hybridized carbons (Fsp3) is 0.0476. The summed E-state index contributed by atoms with van der Waals surface area (Å²) in [6.45, 7) is 0.669. The third-order valence-electron chi connectivity index (χ3n) is 3.82. The summed E-state index contributed by atoms with van der Waals surface area (Å²) in [5, 5.41) is 8.91. The van der Waals surface area contributed by atoms with E-state index in [-0.39, 0.29) is 23.8 Å². The number of aromatic carboxylic acids is 1. The number of halogens is 2. The molecule has 0 saturated carbocycles. The topological polar surface area (TPSA) is 41.2 Å². The molecule has 0 atom stereocenters. The van der Waals surface area contributed by atoms with Gasteiger partial charge in [0.1, 0.15) is 5.82 Å². The van der Waals surface area contributed by atoms with E-state index in [0.29, 0.717) is 6.54 Å². The number of carbonyl (C=O) groups is 1. The summed E-state index contributed by atoms with van der Waals surface area (Å²) in [5.74, 6) is -1.16. The van der Waals surface area contributed by atoms with Crippen LogP contribution in [0.4, 0.5) is 4.39 Å². The molecular weight excluding hydrogens is 353 g/mol. The van der Waals surface area contributed by atoms with Gasteiger partial charge in [0.25, 0.3) is 0 Å². The highest BCUT2D eigenvalue weighted by atomic mass is 35.5. The largest absolute Gasteiger partial charge is 1.00 e. The van der Waals surface area contributed by atoms with Crippen LogP contribution in [0.25, 0.3) is 12.2 Å². The second-order valence-corrected chi connectivity index (χ2v) is 5.69. The van der Waals surface area contributed by atoms with Gasteiger partial charge in [0.15, 0.2) is 18.9 Å². The summed E-state index contributed by atoms with van der Waals surface area (Å²) in [7, 11) is 0. The minimum absolute atomic E-state index is 0. The molecule has 3 nitrogen and oxygen atoms in total. The van der Waals surface area contributed by atoms with Gasteiger partial charge in [0, 0.05) is 17.7 Å². The van der Waals surface area contributed by atoms with E-state index in [1.807, 2.05) is 53.4 Å². The Morgan fingerprint density at radius 3 is 1.96 bits per heavy atom.